The van der Waals surface area contributed by atoms with Gasteiger partial charge >= 0.3 is 0 Å². The Morgan fingerprint density at radius 2 is 2.33 bits per heavy atom. The molecule has 1 aromatic rings. The van der Waals surface area contributed by atoms with Gasteiger partial charge in [-0.05, 0) is 55.5 Å². The summed E-state index contributed by atoms with van der Waals surface area (Å²) in [6.07, 6.45) is 6.43. The van der Waals surface area contributed by atoms with Crippen LogP contribution in [0.1, 0.15) is 49.1 Å². The van der Waals surface area contributed by atoms with Crippen LogP contribution in [0.25, 0.3) is 0 Å². The predicted molar refractivity (Wildman–Crippen MR) is 77.9 cm³/mol. The molecular weight excluding hydrogens is 240 g/mol. The van der Waals surface area contributed by atoms with Crippen LogP contribution < -0.4 is 5.73 Å². The van der Waals surface area contributed by atoms with Gasteiger partial charge in [-0.25, -0.2) is 0 Å². The van der Waals surface area contributed by atoms with Crippen molar-refractivity contribution < 1.29 is 0 Å². The molecule has 2 aliphatic rings. The van der Waals surface area contributed by atoms with Crippen molar-refractivity contribution in [3.05, 3.63) is 21.9 Å². The Labute approximate surface area is 114 Å². The summed E-state index contributed by atoms with van der Waals surface area (Å²) in [6, 6.07) is 3.39. The second-order valence-electron chi connectivity index (χ2n) is 6.01. The zero-order chi connectivity index (χ0) is 12.5. The summed E-state index contributed by atoms with van der Waals surface area (Å²) in [5, 5.41) is 2.25. The number of hydrogen-bond acceptors (Lipinski definition) is 3. The van der Waals surface area contributed by atoms with Crippen molar-refractivity contribution >= 4 is 11.3 Å². The number of rotatable bonds is 2. The molecule has 3 atom stereocenters. The van der Waals surface area contributed by atoms with E-state index in [2.05, 4.69) is 23.3 Å². The molecule has 0 saturated heterocycles. The Balaban J connectivity index is 1.64. The Morgan fingerprint density at radius 3 is 3.17 bits per heavy atom. The quantitative estimate of drug-likeness (QED) is 0.889. The first-order chi connectivity index (χ1) is 8.74. The molecule has 18 heavy (non-hydrogen) atoms. The highest BCUT2D eigenvalue weighted by molar-refractivity contribution is 7.10. The van der Waals surface area contributed by atoms with E-state index < -0.39 is 0 Å². The number of thiophene rings is 1. The lowest BCUT2D eigenvalue weighted by Crippen LogP contribution is -2.39. The van der Waals surface area contributed by atoms with Crippen molar-refractivity contribution in [2.24, 2.45) is 11.7 Å². The maximum absolute atomic E-state index is 6.11. The van der Waals surface area contributed by atoms with Crippen LogP contribution in [-0.4, -0.2) is 24.0 Å². The highest BCUT2D eigenvalue weighted by Crippen LogP contribution is 2.34. The summed E-state index contributed by atoms with van der Waals surface area (Å²) in [5.41, 5.74) is 7.68. The minimum absolute atomic E-state index is 0.459. The molecule has 3 rings (SSSR count). The summed E-state index contributed by atoms with van der Waals surface area (Å²) in [6.45, 7) is 4.86. The van der Waals surface area contributed by atoms with Gasteiger partial charge in [-0.3, -0.25) is 4.90 Å². The highest BCUT2D eigenvalue weighted by Gasteiger charge is 2.28. The first kappa shape index (κ1) is 12.6. The number of fused-ring (bicyclic) bond motifs is 1. The molecular formula is C15H24N2S. The van der Waals surface area contributed by atoms with E-state index in [0.29, 0.717) is 12.1 Å². The zero-order valence-corrected chi connectivity index (χ0v) is 12.1. The lowest BCUT2D eigenvalue weighted by Gasteiger charge is -2.38. The topological polar surface area (TPSA) is 29.3 Å². The van der Waals surface area contributed by atoms with Crippen molar-refractivity contribution in [3.63, 3.8) is 0 Å². The molecule has 1 aliphatic heterocycles. The summed E-state index contributed by atoms with van der Waals surface area (Å²) in [5.74, 6) is 0.830. The van der Waals surface area contributed by atoms with Gasteiger partial charge in [0.05, 0.1) is 0 Å². The van der Waals surface area contributed by atoms with E-state index in [1.807, 2.05) is 11.3 Å². The van der Waals surface area contributed by atoms with Crippen LogP contribution in [0.5, 0.6) is 0 Å². The molecule has 0 aromatic carbocycles. The number of nitrogens with zero attached hydrogens (tertiary/aromatic N) is 1. The highest BCUT2D eigenvalue weighted by atomic mass is 32.1. The monoisotopic (exact) mass is 264 g/mol. The van der Waals surface area contributed by atoms with Gasteiger partial charge in [0.2, 0.25) is 0 Å². The molecule has 1 saturated carbocycles. The van der Waals surface area contributed by atoms with Crippen molar-refractivity contribution in [3.8, 4) is 0 Å². The Bertz CT molecular complexity index is 401. The Morgan fingerprint density at radius 1 is 1.44 bits per heavy atom. The number of hydrogen-bond donors (Lipinski definition) is 1. The third-order valence-electron chi connectivity index (χ3n) is 4.72. The average Bonchev–Trinajstić information content (AvgIpc) is 2.82. The molecule has 0 spiro atoms. The third kappa shape index (κ3) is 2.49. The molecule has 0 bridgehead atoms. The van der Waals surface area contributed by atoms with E-state index >= 15 is 0 Å². The molecule has 2 N–H and O–H groups in total. The fourth-order valence-electron chi connectivity index (χ4n) is 3.64. The molecule has 0 radical (unpaired) electrons. The smallest absolute Gasteiger partial charge is 0.0331 e. The van der Waals surface area contributed by atoms with E-state index in [9.17, 15) is 0 Å². The summed E-state index contributed by atoms with van der Waals surface area (Å²) in [7, 11) is 0. The van der Waals surface area contributed by atoms with Crippen LogP contribution in [0.2, 0.25) is 0 Å². The van der Waals surface area contributed by atoms with Crippen LogP contribution in [0.4, 0.5) is 0 Å². The van der Waals surface area contributed by atoms with Crippen molar-refractivity contribution in [1.82, 2.24) is 4.90 Å². The zero-order valence-electron chi connectivity index (χ0n) is 11.3. The molecule has 100 valence electrons. The fourth-order valence-corrected chi connectivity index (χ4v) is 4.60. The van der Waals surface area contributed by atoms with Gasteiger partial charge in [0.25, 0.3) is 0 Å². The third-order valence-corrected chi connectivity index (χ3v) is 5.72. The van der Waals surface area contributed by atoms with E-state index in [4.69, 9.17) is 5.73 Å². The molecule has 0 amide bonds. The number of nitrogens with two attached hydrogens (primary N) is 1. The molecule has 1 fully saturated rings. The molecule has 2 heterocycles. The van der Waals surface area contributed by atoms with Gasteiger partial charge in [0.15, 0.2) is 0 Å². The Kier molecular flexibility index (Phi) is 3.73. The van der Waals surface area contributed by atoms with Gasteiger partial charge in [-0.1, -0.05) is 6.42 Å². The minimum Gasteiger partial charge on any atom is -0.328 e. The van der Waals surface area contributed by atoms with Gasteiger partial charge in [-0.2, -0.15) is 0 Å². The van der Waals surface area contributed by atoms with Crippen molar-refractivity contribution in [1.29, 1.82) is 0 Å². The molecule has 2 nitrogen and oxygen atoms in total. The Hall–Kier alpha value is -0.380. The van der Waals surface area contributed by atoms with E-state index in [1.54, 1.807) is 10.4 Å². The molecule has 3 heteroatoms. The van der Waals surface area contributed by atoms with E-state index in [-0.39, 0.29) is 0 Å². The van der Waals surface area contributed by atoms with Crippen LogP contribution in [0, 0.1) is 5.92 Å². The second kappa shape index (κ2) is 5.32. The lowest BCUT2D eigenvalue weighted by molar-refractivity contribution is 0.145. The first-order valence-electron chi connectivity index (χ1n) is 7.30. The normalized spacial score (nSPS) is 33.3. The fraction of sp³-hybridized carbons (Fsp3) is 0.733. The van der Waals surface area contributed by atoms with Crippen LogP contribution in [-0.2, 0) is 6.42 Å². The van der Waals surface area contributed by atoms with Gasteiger partial charge in [0, 0.05) is 30.1 Å². The van der Waals surface area contributed by atoms with Crippen molar-refractivity contribution in [2.45, 2.75) is 51.1 Å². The second-order valence-corrected chi connectivity index (χ2v) is 7.01. The van der Waals surface area contributed by atoms with Gasteiger partial charge < -0.3 is 5.73 Å². The maximum atomic E-state index is 6.11. The molecule has 1 aliphatic carbocycles. The van der Waals surface area contributed by atoms with Gasteiger partial charge in [-0.15, -0.1) is 11.3 Å². The van der Waals surface area contributed by atoms with E-state index in [0.717, 1.165) is 5.92 Å². The van der Waals surface area contributed by atoms with E-state index in [1.165, 1.54) is 45.2 Å². The average molecular weight is 264 g/mol. The first-order valence-corrected chi connectivity index (χ1v) is 8.18. The van der Waals surface area contributed by atoms with Gasteiger partial charge in [0.1, 0.15) is 0 Å². The minimum atomic E-state index is 0.459. The summed E-state index contributed by atoms with van der Waals surface area (Å²) >= 11 is 1.93. The summed E-state index contributed by atoms with van der Waals surface area (Å²) < 4.78 is 0. The maximum Gasteiger partial charge on any atom is 0.0331 e. The SMILES string of the molecule is CC1c2ccsc2CCN1CC1CCCC(N)C1. The molecule has 1 aromatic heterocycles. The largest absolute Gasteiger partial charge is 0.328 e. The van der Waals surface area contributed by atoms with Crippen molar-refractivity contribution in [2.75, 3.05) is 13.1 Å². The predicted octanol–water partition coefficient (Wildman–Crippen LogP) is 3.18. The summed E-state index contributed by atoms with van der Waals surface area (Å²) in [4.78, 5) is 4.29. The lowest BCUT2D eigenvalue weighted by atomic mass is 9.85. The van der Waals surface area contributed by atoms with Crippen LogP contribution in [0.3, 0.4) is 0 Å². The standard InChI is InChI=1S/C15H24N2S/c1-11-14-6-8-18-15(14)5-7-17(11)10-12-3-2-4-13(16)9-12/h6,8,11-13H,2-5,7,9-10,16H2,1H3. The van der Waals surface area contributed by atoms with Crippen LogP contribution >= 0.6 is 11.3 Å². The molecule has 3 unspecified atom stereocenters. The van der Waals surface area contributed by atoms with Crippen LogP contribution in [0.15, 0.2) is 11.4 Å².